The molecule has 7 nitrogen and oxygen atoms in total. The van der Waals surface area contributed by atoms with E-state index in [1.54, 1.807) is 0 Å². The summed E-state index contributed by atoms with van der Waals surface area (Å²) in [4.78, 5) is 28.3. The van der Waals surface area contributed by atoms with E-state index in [9.17, 15) is 0 Å². The van der Waals surface area contributed by atoms with E-state index in [2.05, 4.69) is 204 Å². The Labute approximate surface area is 480 Å². The average Bonchev–Trinajstić information content (AvgIpc) is 2.43. The molecule has 7 aromatic heterocycles. The predicted octanol–water partition coefficient (Wildman–Crippen LogP) is 19.5. The molecule has 1 aliphatic rings. The minimum absolute atomic E-state index is 0.620. The Bertz CT molecular complexity index is 5360. The Morgan fingerprint density at radius 1 is 0.395 bits per heavy atom. The van der Waals surface area contributed by atoms with Gasteiger partial charge in [0.15, 0.2) is 4.73 Å². The Morgan fingerprint density at radius 2 is 0.914 bits per heavy atom. The van der Waals surface area contributed by atoms with Gasteiger partial charge in [-0.1, -0.05) is 176 Å². The molecule has 0 spiro atoms. The van der Waals surface area contributed by atoms with Gasteiger partial charge >= 0.3 is 0 Å². The monoisotopic (exact) mass is 1140 g/mol. The van der Waals surface area contributed by atoms with E-state index in [1.807, 2.05) is 102 Å². The number of hydrogen-bond acceptors (Lipinski definition) is 8. The first-order valence-electron chi connectivity index (χ1n) is 26.8. The fourth-order valence-electron chi connectivity index (χ4n) is 12.3. The second-order valence-corrected chi connectivity index (χ2v) is 23.0. The van der Waals surface area contributed by atoms with Crippen LogP contribution in [0.2, 0.25) is 0 Å². The lowest BCUT2D eigenvalue weighted by atomic mass is 9.95. The summed E-state index contributed by atoms with van der Waals surface area (Å²) >= 11 is 7.08. The van der Waals surface area contributed by atoms with E-state index in [0.29, 0.717) is 10.7 Å². The number of nitrogens with zero attached hydrogens (tertiary/aromatic N) is 7. The van der Waals surface area contributed by atoms with Crippen LogP contribution in [0, 0.1) is 0 Å². The molecule has 0 atom stereocenters. The summed E-state index contributed by atoms with van der Waals surface area (Å²) in [5, 5.41) is 14.8. The van der Waals surface area contributed by atoms with Gasteiger partial charge in [-0.05, 0) is 97.8 Å². The number of fused-ring (bicyclic) bond motifs is 22. The SMILES string of the molecule is Brc1nc(-c2ccccc2)c2ccccc2n1.c1ccc(-c2nc(-n3c4ccccc4c4c5ccncc5c5sc6ccccc6c5c43)nc3ccccc23)cc1.c1ccc2c(c1)Cc1c-2c2ccncc2c2sc3ccccc3c12. The lowest BCUT2D eigenvalue weighted by Crippen LogP contribution is -2.03. The van der Waals surface area contributed by atoms with Gasteiger partial charge in [0.1, 0.15) is 0 Å². The standard InChI is InChI=1S/C35H20N4S.C22H13NS.C14H9BrN2/c1-2-10-21(11-3-1)32-23-12-4-7-15-27(23)37-35(38-32)39-28-16-8-5-13-24(28)30-22-18-19-36-20-26(22)34-31(33(30)39)25-14-6-9-17-29(25)40-34;1-2-6-14-13(5-1)11-17-20(14)15-9-10-23-12-18(15)22-21(17)16-7-3-4-8-19(16)24-22;15-14-16-12-9-5-4-8-11(12)13(17-14)10-6-2-1-3-7-10/h1-20H;1-10,12H,11H2;1-9H. The van der Waals surface area contributed by atoms with Gasteiger partial charge in [-0.2, -0.15) is 0 Å². The largest absolute Gasteiger partial charge is 0.277 e. The van der Waals surface area contributed by atoms with Gasteiger partial charge in [-0.15, -0.1) is 22.7 Å². The topological polar surface area (TPSA) is 82.3 Å². The average molecular weight is 1140 g/mol. The number of hydrogen-bond donors (Lipinski definition) is 0. The van der Waals surface area contributed by atoms with Crippen molar-refractivity contribution in [2.45, 2.75) is 6.42 Å². The lowest BCUT2D eigenvalue weighted by molar-refractivity contribution is 1.02. The Balaban J connectivity index is 0.000000112. The number of aromatic nitrogens is 7. The van der Waals surface area contributed by atoms with Crippen LogP contribution in [-0.4, -0.2) is 34.5 Å². The zero-order valence-electron chi connectivity index (χ0n) is 43.1. The maximum absolute atomic E-state index is 5.31. The molecule has 10 aromatic carbocycles. The highest BCUT2D eigenvalue weighted by molar-refractivity contribution is 9.10. The van der Waals surface area contributed by atoms with Crippen molar-refractivity contribution in [2.75, 3.05) is 0 Å². The van der Waals surface area contributed by atoms with Crippen molar-refractivity contribution >= 4 is 144 Å². The number of para-hydroxylation sites is 3. The normalized spacial score (nSPS) is 12.0. The molecule has 18 rings (SSSR count). The number of pyridine rings is 2. The third kappa shape index (κ3) is 7.74. The molecule has 7 heterocycles. The van der Waals surface area contributed by atoms with Crippen LogP contribution in [0.4, 0.5) is 0 Å². The Hall–Kier alpha value is -9.58. The third-order valence-electron chi connectivity index (χ3n) is 15.7. The van der Waals surface area contributed by atoms with E-state index < -0.39 is 0 Å². The van der Waals surface area contributed by atoms with Gasteiger partial charge in [-0.3, -0.25) is 14.5 Å². The Morgan fingerprint density at radius 3 is 1.60 bits per heavy atom. The fraction of sp³-hybridized carbons (Fsp3) is 0.0141. The first-order chi connectivity index (χ1) is 40.1. The van der Waals surface area contributed by atoms with E-state index in [1.165, 1.54) is 94.9 Å². The molecule has 17 aromatic rings. The molecule has 0 amide bonds. The van der Waals surface area contributed by atoms with Crippen LogP contribution in [-0.2, 0) is 6.42 Å². The van der Waals surface area contributed by atoms with Gasteiger partial charge in [0.25, 0.3) is 0 Å². The number of benzene rings is 10. The zero-order valence-corrected chi connectivity index (χ0v) is 46.3. The predicted molar refractivity (Wildman–Crippen MR) is 343 cm³/mol. The number of thiophene rings is 2. The van der Waals surface area contributed by atoms with Crippen LogP contribution in [0.5, 0.6) is 0 Å². The van der Waals surface area contributed by atoms with Crippen molar-refractivity contribution in [1.82, 2.24) is 34.5 Å². The van der Waals surface area contributed by atoms with Crippen LogP contribution in [0.15, 0.2) is 248 Å². The zero-order chi connectivity index (χ0) is 53.5. The molecule has 0 aliphatic heterocycles. The third-order valence-corrected chi connectivity index (χ3v) is 18.5. The highest BCUT2D eigenvalue weighted by Gasteiger charge is 2.27. The molecule has 10 heteroatoms. The van der Waals surface area contributed by atoms with Crippen molar-refractivity contribution in [3.63, 3.8) is 0 Å². The van der Waals surface area contributed by atoms with E-state index >= 15 is 0 Å². The van der Waals surface area contributed by atoms with Gasteiger partial charge in [-0.25, -0.2) is 19.9 Å². The molecule has 0 radical (unpaired) electrons. The van der Waals surface area contributed by atoms with Crippen molar-refractivity contribution in [1.29, 1.82) is 0 Å². The second kappa shape index (κ2) is 19.4. The van der Waals surface area contributed by atoms with Gasteiger partial charge < -0.3 is 0 Å². The summed E-state index contributed by atoms with van der Waals surface area (Å²) in [6.45, 7) is 0. The molecule has 0 N–H and O–H groups in total. The van der Waals surface area contributed by atoms with Crippen LogP contribution in [0.3, 0.4) is 0 Å². The molecule has 1 aliphatic carbocycles. The van der Waals surface area contributed by atoms with Crippen LogP contribution >= 0.6 is 38.6 Å². The van der Waals surface area contributed by atoms with E-state index in [-0.39, 0.29) is 0 Å². The van der Waals surface area contributed by atoms with Gasteiger partial charge in [0.2, 0.25) is 5.95 Å². The molecular weight excluding hydrogens is 1090 g/mol. The van der Waals surface area contributed by atoms with E-state index in [4.69, 9.17) is 9.97 Å². The molecular formula is C71H42BrN7S2. The number of halogens is 1. The first kappa shape index (κ1) is 47.4. The van der Waals surface area contributed by atoms with E-state index in [0.717, 1.165) is 61.8 Å². The van der Waals surface area contributed by atoms with Crippen molar-refractivity contribution in [2.24, 2.45) is 0 Å². The smallest absolute Gasteiger partial charge is 0.235 e. The molecule has 380 valence electrons. The maximum Gasteiger partial charge on any atom is 0.235 e. The lowest BCUT2D eigenvalue weighted by Gasteiger charge is -2.12. The Kier molecular flexibility index (Phi) is 11.3. The van der Waals surface area contributed by atoms with Gasteiger partial charge in [0, 0.05) is 109 Å². The molecule has 0 saturated heterocycles. The second-order valence-electron chi connectivity index (χ2n) is 20.2. The van der Waals surface area contributed by atoms with Crippen LogP contribution in [0.1, 0.15) is 11.1 Å². The summed E-state index contributed by atoms with van der Waals surface area (Å²) in [5.41, 5.74) is 13.9. The summed E-state index contributed by atoms with van der Waals surface area (Å²) in [6.07, 6.45) is 8.89. The maximum atomic E-state index is 5.31. The molecule has 0 fully saturated rings. The number of rotatable bonds is 3. The first-order valence-corrected chi connectivity index (χ1v) is 29.2. The van der Waals surface area contributed by atoms with Crippen molar-refractivity contribution in [3.05, 3.63) is 259 Å². The van der Waals surface area contributed by atoms with Crippen LogP contribution in [0.25, 0.3) is 145 Å². The summed E-state index contributed by atoms with van der Waals surface area (Å²) in [5.74, 6) is 0.675. The molecule has 0 saturated carbocycles. The summed E-state index contributed by atoms with van der Waals surface area (Å²) < 4.78 is 8.15. The summed E-state index contributed by atoms with van der Waals surface area (Å²) in [6, 6.07) is 76.1. The van der Waals surface area contributed by atoms with Gasteiger partial charge in [0.05, 0.1) is 33.5 Å². The minimum Gasteiger partial charge on any atom is -0.277 e. The quantitative estimate of drug-likeness (QED) is 0.164. The molecule has 0 bridgehead atoms. The molecule has 0 unspecified atom stereocenters. The van der Waals surface area contributed by atoms with Crippen molar-refractivity contribution in [3.8, 4) is 39.6 Å². The minimum atomic E-state index is 0.620. The highest BCUT2D eigenvalue weighted by Crippen LogP contribution is 2.51. The molecule has 81 heavy (non-hydrogen) atoms. The van der Waals surface area contributed by atoms with Crippen LogP contribution < -0.4 is 0 Å². The highest BCUT2D eigenvalue weighted by atomic mass is 79.9. The fourth-order valence-corrected chi connectivity index (χ4v) is 15.1. The summed E-state index contributed by atoms with van der Waals surface area (Å²) in [7, 11) is 0. The van der Waals surface area contributed by atoms with Crippen molar-refractivity contribution < 1.29 is 0 Å².